The number of rotatable bonds is 4. The SMILES string of the molecule is O=C(O)c1cnc(CNC(=S)NC2C3C=NC=CC3CCC3C(F)=CC=CC32)c(Cl)c1. The summed E-state index contributed by atoms with van der Waals surface area (Å²) in [6.07, 6.45) is 14.1. The quantitative estimate of drug-likeness (QED) is 0.588. The predicted molar refractivity (Wildman–Crippen MR) is 122 cm³/mol. The highest BCUT2D eigenvalue weighted by Crippen LogP contribution is 2.42. The lowest BCUT2D eigenvalue weighted by Crippen LogP contribution is -2.51. The summed E-state index contributed by atoms with van der Waals surface area (Å²) in [5.41, 5.74) is 0.509. The van der Waals surface area contributed by atoms with Crippen molar-refractivity contribution in [3.8, 4) is 0 Å². The highest BCUT2D eigenvalue weighted by atomic mass is 35.5. The highest BCUT2D eigenvalue weighted by molar-refractivity contribution is 7.80. The molecule has 31 heavy (non-hydrogen) atoms. The van der Waals surface area contributed by atoms with E-state index in [4.69, 9.17) is 28.9 Å². The molecule has 2 aliphatic carbocycles. The molecule has 3 aliphatic rings. The Morgan fingerprint density at radius 2 is 2.16 bits per heavy atom. The second-order valence-electron chi connectivity index (χ2n) is 7.89. The second kappa shape index (κ2) is 9.28. The van der Waals surface area contributed by atoms with Gasteiger partial charge in [0.2, 0.25) is 0 Å². The molecule has 6 nitrogen and oxygen atoms in total. The minimum absolute atomic E-state index is 0.0220. The number of allylic oxidation sites excluding steroid dienone is 4. The molecule has 1 aromatic rings. The standard InChI is InChI=1S/C22H22ClFN4O2S/c23-17-8-13(21(29)30)9-26-19(17)11-27-22(31)28-20-15-2-1-3-18(24)14(15)5-4-12-6-7-25-10-16(12)20/h1-3,6-10,12,14-16,20H,4-5,11H2,(H,29,30)(H2,27,28,31). The molecule has 2 heterocycles. The molecular weight excluding hydrogens is 439 g/mol. The fourth-order valence-corrected chi connectivity index (χ4v) is 4.96. The Hall–Kier alpha value is -2.58. The van der Waals surface area contributed by atoms with Gasteiger partial charge in [-0.05, 0) is 43.1 Å². The molecule has 9 heteroatoms. The van der Waals surface area contributed by atoms with E-state index in [1.807, 2.05) is 12.3 Å². The highest BCUT2D eigenvalue weighted by Gasteiger charge is 2.42. The zero-order valence-electron chi connectivity index (χ0n) is 16.5. The van der Waals surface area contributed by atoms with Crippen molar-refractivity contribution in [1.29, 1.82) is 0 Å². The number of hydrogen-bond acceptors (Lipinski definition) is 4. The summed E-state index contributed by atoms with van der Waals surface area (Å²) < 4.78 is 14.6. The Balaban J connectivity index is 1.48. The molecule has 0 saturated heterocycles. The molecule has 0 aromatic carbocycles. The van der Waals surface area contributed by atoms with Gasteiger partial charge in [0.25, 0.3) is 0 Å². The summed E-state index contributed by atoms with van der Waals surface area (Å²) in [6, 6.07) is 1.23. The maximum absolute atomic E-state index is 14.6. The first kappa shape index (κ1) is 21.6. The van der Waals surface area contributed by atoms with Crippen LogP contribution in [0.4, 0.5) is 4.39 Å². The lowest BCUT2D eigenvalue weighted by atomic mass is 9.77. The molecule has 0 spiro atoms. The van der Waals surface area contributed by atoms with E-state index in [-0.39, 0.29) is 52.7 Å². The van der Waals surface area contributed by atoms with Gasteiger partial charge in [0.1, 0.15) is 5.83 Å². The number of thiocarbonyl (C=S) groups is 1. The Bertz CT molecular complexity index is 1010. The Morgan fingerprint density at radius 3 is 2.94 bits per heavy atom. The lowest BCUT2D eigenvalue weighted by Gasteiger charge is -2.36. The van der Waals surface area contributed by atoms with Gasteiger partial charge in [-0.2, -0.15) is 0 Å². The Labute approximate surface area is 190 Å². The third-order valence-corrected chi connectivity index (χ3v) is 6.69. The van der Waals surface area contributed by atoms with Crippen LogP contribution in [0.1, 0.15) is 28.9 Å². The molecule has 162 valence electrons. The van der Waals surface area contributed by atoms with Crippen molar-refractivity contribution in [3.05, 3.63) is 64.9 Å². The number of aliphatic imine (C=N–C) groups is 1. The first-order valence-corrected chi connectivity index (χ1v) is 10.9. The van der Waals surface area contributed by atoms with Crippen LogP contribution in [-0.4, -0.2) is 33.4 Å². The molecule has 1 aliphatic heterocycles. The van der Waals surface area contributed by atoms with Crippen molar-refractivity contribution in [2.75, 3.05) is 0 Å². The fourth-order valence-electron chi connectivity index (χ4n) is 4.51. The topological polar surface area (TPSA) is 86.6 Å². The number of halogens is 2. The van der Waals surface area contributed by atoms with Crippen molar-refractivity contribution in [2.45, 2.75) is 25.4 Å². The number of nitrogens with one attached hydrogen (secondary N) is 2. The lowest BCUT2D eigenvalue weighted by molar-refractivity contribution is 0.0696. The molecule has 1 fully saturated rings. The largest absolute Gasteiger partial charge is 0.478 e. The van der Waals surface area contributed by atoms with Gasteiger partial charge in [-0.3, -0.25) is 9.98 Å². The van der Waals surface area contributed by atoms with Gasteiger partial charge >= 0.3 is 5.97 Å². The van der Waals surface area contributed by atoms with E-state index in [2.05, 4.69) is 26.7 Å². The summed E-state index contributed by atoms with van der Waals surface area (Å²) in [6.45, 7) is 0.234. The zero-order valence-corrected chi connectivity index (χ0v) is 18.1. The molecule has 3 N–H and O–H groups in total. The van der Waals surface area contributed by atoms with E-state index in [9.17, 15) is 9.18 Å². The van der Waals surface area contributed by atoms with Crippen LogP contribution in [0.2, 0.25) is 5.02 Å². The van der Waals surface area contributed by atoms with Crippen LogP contribution >= 0.6 is 23.8 Å². The number of carboxylic acids is 1. The number of nitrogens with zero attached hydrogens (tertiary/aromatic N) is 2. The van der Waals surface area contributed by atoms with Gasteiger partial charge in [-0.1, -0.05) is 29.8 Å². The van der Waals surface area contributed by atoms with E-state index < -0.39 is 5.97 Å². The Morgan fingerprint density at radius 1 is 1.32 bits per heavy atom. The average Bonchev–Trinajstić information content (AvgIpc) is 2.91. The van der Waals surface area contributed by atoms with E-state index in [1.165, 1.54) is 12.3 Å². The number of pyridine rings is 1. The van der Waals surface area contributed by atoms with Gasteiger partial charge in [0.05, 0.1) is 22.8 Å². The van der Waals surface area contributed by atoms with E-state index in [0.717, 1.165) is 12.8 Å². The van der Waals surface area contributed by atoms with Crippen molar-refractivity contribution in [3.63, 3.8) is 0 Å². The number of fused-ring (bicyclic) bond motifs is 2. The van der Waals surface area contributed by atoms with Crippen molar-refractivity contribution in [1.82, 2.24) is 15.6 Å². The van der Waals surface area contributed by atoms with Gasteiger partial charge in [-0.25, -0.2) is 9.18 Å². The number of hydrogen-bond donors (Lipinski definition) is 3. The number of carbonyl (C=O) groups is 1. The third kappa shape index (κ3) is 4.70. The minimum Gasteiger partial charge on any atom is -0.478 e. The predicted octanol–water partition coefficient (Wildman–Crippen LogP) is 4.05. The van der Waals surface area contributed by atoms with Crippen LogP contribution in [-0.2, 0) is 6.54 Å². The maximum Gasteiger partial charge on any atom is 0.337 e. The van der Waals surface area contributed by atoms with Crippen LogP contribution in [0.5, 0.6) is 0 Å². The van der Waals surface area contributed by atoms with Gasteiger partial charge in [-0.15, -0.1) is 0 Å². The second-order valence-corrected chi connectivity index (χ2v) is 8.70. The average molecular weight is 461 g/mol. The van der Waals surface area contributed by atoms with Crippen LogP contribution < -0.4 is 10.6 Å². The summed E-state index contributed by atoms with van der Waals surface area (Å²) in [7, 11) is 0. The Kier molecular flexibility index (Phi) is 6.48. The van der Waals surface area contributed by atoms with E-state index in [1.54, 1.807) is 18.4 Å². The third-order valence-electron chi connectivity index (χ3n) is 6.10. The number of aromatic nitrogens is 1. The van der Waals surface area contributed by atoms with E-state index >= 15 is 0 Å². The van der Waals surface area contributed by atoms with Crippen LogP contribution in [0.25, 0.3) is 0 Å². The molecule has 5 unspecified atom stereocenters. The van der Waals surface area contributed by atoms with Crippen LogP contribution in [0, 0.1) is 23.7 Å². The first-order valence-electron chi connectivity index (χ1n) is 10.1. The molecule has 1 saturated carbocycles. The normalized spacial score (nSPS) is 28.7. The fraction of sp³-hybridized carbons (Fsp3) is 0.364. The molecule has 0 radical (unpaired) electrons. The summed E-state index contributed by atoms with van der Waals surface area (Å²) in [5.74, 6) is -1.05. The summed E-state index contributed by atoms with van der Waals surface area (Å²) in [4.78, 5) is 19.5. The first-order chi connectivity index (χ1) is 14.9. The maximum atomic E-state index is 14.6. The van der Waals surface area contributed by atoms with Crippen molar-refractivity contribution >= 4 is 41.1 Å². The summed E-state index contributed by atoms with van der Waals surface area (Å²) >= 11 is 11.7. The summed E-state index contributed by atoms with van der Waals surface area (Å²) in [5, 5.41) is 16.2. The van der Waals surface area contributed by atoms with Gasteiger partial charge < -0.3 is 15.7 Å². The number of carboxylic acid groups (broad SMARTS) is 1. The van der Waals surface area contributed by atoms with Gasteiger partial charge in [0, 0.05) is 42.4 Å². The molecule has 0 amide bonds. The van der Waals surface area contributed by atoms with Crippen LogP contribution in [0.15, 0.2) is 53.6 Å². The number of aromatic carboxylic acids is 1. The molecule has 5 atom stereocenters. The zero-order chi connectivity index (χ0) is 22.0. The molecule has 1 aromatic heterocycles. The molecular formula is C22H22ClFN4O2S. The molecule has 4 rings (SSSR count). The van der Waals surface area contributed by atoms with E-state index in [0.29, 0.717) is 10.8 Å². The monoisotopic (exact) mass is 460 g/mol. The van der Waals surface area contributed by atoms with Crippen LogP contribution in [0.3, 0.4) is 0 Å². The smallest absolute Gasteiger partial charge is 0.337 e. The van der Waals surface area contributed by atoms with Crippen molar-refractivity contribution in [2.24, 2.45) is 28.7 Å². The minimum atomic E-state index is -1.09. The van der Waals surface area contributed by atoms with Gasteiger partial charge in [0.15, 0.2) is 5.11 Å². The molecule has 0 bridgehead atoms. The van der Waals surface area contributed by atoms with Crippen molar-refractivity contribution < 1.29 is 14.3 Å².